The van der Waals surface area contributed by atoms with Gasteiger partial charge in [-0.15, -0.1) is 0 Å². The number of nitrogens with one attached hydrogen (secondary N) is 2. The third-order valence-corrected chi connectivity index (χ3v) is 5.23. The summed E-state index contributed by atoms with van der Waals surface area (Å²) < 4.78 is 15.3. The Morgan fingerprint density at radius 2 is 2.10 bits per heavy atom. The van der Waals surface area contributed by atoms with Gasteiger partial charge in [0, 0.05) is 29.4 Å². The molecule has 5 rings (SSSR count). The number of hydrogen-bond donors (Lipinski definition) is 2. The van der Waals surface area contributed by atoms with Crippen LogP contribution in [0.5, 0.6) is 0 Å². The highest BCUT2D eigenvalue weighted by atomic mass is 32.1. The molecule has 31 heavy (non-hydrogen) atoms. The molecule has 0 amide bonds. The maximum Gasteiger partial charge on any atom is 0.228 e. The van der Waals surface area contributed by atoms with Crippen LogP contribution in [0.3, 0.4) is 0 Å². The Morgan fingerprint density at radius 1 is 1.26 bits per heavy atom. The summed E-state index contributed by atoms with van der Waals surface area (Å²) in [6.07, 6.45) is 6.69. The number of fused-ring (bicyclic) bond motifs is 2. The number of rotatable bonds is 4. The Balaban J connectivity index is 0.00000231. The minimum absolute atomic E-state index is 0. The molecule has 9 nitrogen and oxygen atoms in total. The fourth-order valence-corrected chi connectivity index (χ4v) is 3.63. The Hall–Kier alpha value is -3.34. The average molecular weight is 441 g/mol. The second-order valence-electron chi connectivity index (χ2n) is 7.62. The van der Waals surface area contributed by atoms with Gasteiger partial charge in [-0.1, -0.05) is 13.8 Å². The summed E-state index contributed by atoms with van der Waals surface area (Å²) in [6, 6.07) is 0.833. The monoisotopic (exact) mass is 440 g/mol. The molecule has 11 heteroatoms. The third-order valence-electron chi connectivity index (χ3n) is 5.23. The van der Waals surface area contributed by atoms with E-state index in [9.17, 15) is 9.18 Å². The standard InChI is InChI=1S/C20H19FN8O.H2S/c1-10(2)13-8-25-29-19(13)27-18(11-3-12(21)7-22-6-11)28-20(29)26-16-4-14-15(5-17(16)30)24-9-23-14;/h3,6-10,16H,4-5H2,1-2H3,(H,23,24)(H,26,27,28);1H2/t16-;/m0./s1. The number of H-pyrrole nitrogens is 1. The molecule has 0 fully saturated rings. The van der Waals surface area contributed by atoms with Crippen molar-refractivity contribution in [2.24, 2.45) is 0 Å². The van der Waals surface area contributed by atoms with Crippen LogP contribution in [0, 0.1) is 5.82 Å². The van der Waals surface area contributed by atoms with Crippen molar-refractivity contribution in [2.75, 3.05) is 5.32 Å². The highest BCUT2D eigenvalue weighted by molar-refractivity contribution is 7.59. The summed E-state index contributed by atoms with van der Waals surface area (Å²) in [7, 11) is 0. The topological polar surface area (TPSA) is 114 Å². The summed E-state index contributed by atoms with van der Waals surface area (Å²) in [4.78, 5) is 33.0. The summed E-state index contributed by atoms with van der Waals surface area (Å²) in [6.45, 7) is 4.08. The van der Waals surface area contributed by atoms with Crippen molar-refractivity contribution in [3.63, 3.8) is 0 Å². The molecule has 4 heterocycles. The average Bonchev–Trinajstić information content (AvgIpc) is 3.34. The quantitative estimate of drug-likeness (QED) is 0.501. The van der Waals surface area contributed by atoms with Gasteiger partial charge in [-0.2, -0.15) is 28.1 Å². The number of anilines is 1. The molecule has 0 saturated heterocycles. The van der Waals surface area contributed by atoms with E-state index in [1.807, 2.05) is 13.8 Å². The molecule has 160 valence electrons. The van der Waals surface area contributed by atoms with E-state index >= 15 is 0 Å². The van der Waals surface area contributed by atoms with Crippen LogP contribution in [-0.4, -0.2) is 46.4 Å². The number of carbonyl (C=O) groups excluding carboxylic acids is 1. The van der Waals surface area contributed by atoms with Gasteiger partial charge in [0.05, 0.1) is 36.9 Å². The van der Waals surface area contributed by atoms with Crippen LogP contribution in [-0.2, 0) is 17.6 Å². The van der Waals surface area contributed by atoms with Crippen LogP contribution in [0.15, 0.2) is 31.0 Å². The number of pyridine rings is 1. The minimum atomic E-state index is -0.496. The Bertz CT molecular complexity index is 1270. The summed E-state index contributed by atoms with van der Waals surface area (Å²) in [5.41, 5.74) is 3.68. The van der Waals surface area contributed by atoms with Crippen molar-refractivity contribution in [3.05, 3.63) is 53.8 Å². The molecule has 2 N–H and O–H groups in total. The highest BCUT2D eigenvalue weighted by Crippen LogP contribution is 2.26. The molecule has 0 radical (unpaired) electrons. The van der Waals surface area contributed by atoms with Gasteiger partial charge in [0.1, 0.15) is 5.82 Å². The number of hydrogen-bond acceptors (Lipinski definition) is 7. The first-order chi connectivity index (χ1) is 14.5. The maximum absolute atomic E-state index is 13.7. The molecule has 1 atom stereocenters. The molecule has 0 spiro atoms. The number of halogens is 1. The van der Waals surface area contributed by atoms with Gasteiger partial charge >= 0.3 is 0 Å². The molecule has 1 aliphatic carbocycles. The van der Waals surface area contributed by atoms with E-state index in [0.717, 1.165) is 23.1 Å². The normalized spacial score (nSPS) is 15.7. The lowest BCUT2D eigenvalue weighted by Crippen LogP contribution is -2.38. The lowest BCUT2D eigenvalue weighted by Gasteiger charge is -2.22. The maximum atomic E-state index is 13.7. The summed E-state index contributed by atoms with van der Waals surface area (Å²) in [5, 5.41) is 7.64. The molecular weight excluding hydrogens is 419 g/mol. The van der Waals surface area contributed by atoms with Crippen molar-refractivity contribution in [1.82, 2.24) is 34.5 Å². The van der Waals surface area contributed by atoms with Crippen molar-refractivity contribution >= 4 is 30.9 Å². The molecule has 0 unspecified atom stereocenters. The van der Waals surface area contributed by atoms with E-state index in [1.54, 1.807) is 17.0 Å². The van der Waals surface area contributed by atoms with Crippen LogP contribution in [0.25, 0.3) is 17.0 Å². The lowest BCUT2D eigenvalue weighted by molar-refractivity contribution is -0.119. The fraction of sp³-hybridized carbons (Fsp3) is 0.300. The zero-order valence-corrected chi connectivity index (χ0v) is 17.9. The number of nitrogens with zero attached hydrogens (tertiary/aromatic N) is 6. The molecule has 1 aliphatic rings. The SMILES string of the molecule is CC(C)c1cnn2c(N[C@H]3Cc4nc[nH]c4CC3=O)nc(-c3cncc(F)c3)nc12.S. The van der Waals surface area contributed by atoms with Crippen molar-refractivity contribution in [1.29, 1.82) is 0 Å². The van der Waals surface area contributed by atoms with Crippen LogP contribution in [0.4, 0.5) is 10.3 Å². The molecular formula is C20H21FN8OS. The van der Waals surface area contributed by atoms with Crippen molar-refractivity contribution in [3.8, 4) is 11.4 Å². The van der Waals surface area contributed by atoms with Gasteiger partial charge in [0.15, 0.2) is 17.3 Å². The molecule has 4 aromatic heterocycles. The van der Waals surface area contributed by atoms with Gasteiger partial charge < -0.3 is 10.3 Å². The molecule has 0 saturated carbocycles. The van der Waals surface area contributed by atoms with E-state index in [1.165, 1.54) is 12.3 Å². The highest BCUT2D eigenvalue weighted by Gasteiger charge is 2.29. The predicted molar refractivity (Wildman–Crippen MR) is 117 cm³/mol. The van der Waals surface area contributed by atoms with Crippen molar-refractivity contribution < 1.29 is 9.18 Å². The van der Waals surface area contributed by atoms with Gasteiger partial charge in [-0.25, -0.2) is 14.4 Å². The first-order valence-electron chi connectivity index (χ1n) is 9.66. The second-order valence-corrected chi connectivity index (χ2v) is 7.62. The number of carbonyl (C=O) groups is 1. The van der Waals surface area contributed by atoms with Gasteiger partial charge in [-0.05, 0) is 12.0 Å². The molecule has 4 aromatic rings. The van der Waals surface area contributed by atoms with Crippen LogP contribution < -0.4 is 5.32 Å². The van der Waals surface area contributed by atoms with E-state index in [2.05, 4.69) is 35.3 Å². The first kappa shape index (κ1) is 20.9. The minimum Gasteiger partial charge on any atom is -0.348 e. The van der Waals surface area contributed by atoms with Crippen LogP contribution in [0.1, 0.15) is 36.7 Å². The zero-order valence-electron chi connectivity index (χ0n) is 16.9. The second kappa shape index (κ2) is 8.06. The third kappa shape index (κ3) is 3.76. The molecule has 0 bridgehead atoms. The number of Topliss-reactive ketones (excluding diaryl/α,β-unsaturated/α-hetero) is 1. The summed E-state index contributed by atoms with van der Waals surface area (Å²) in [5.74, 6) is 0.401. The van der Waals surface area contributed by atoms with Crippen LogP contribution in [0.2, 0.25) is 0 Å². The Morgan fingerprint density at radius 3 is 2.87 bits per heavy atom. The zero-order chi connectivity index (χ0) is 20.8. The van der Waals surface area contributed by atoms with Crippen molar-refractivity contribution in [2.45, 2.75) is 38.6 Å². The molecule has 0 aliphatic heterocycles. The first-order valence-corrected chi connectivity index (χ1v) is 9.66. The van der Waals surface area contributed by atoms with Gasteiger partial charge in [0.2, 0.25) is 5.95 Å². The Labute approximate surface area is 184 Å². The van der Waals surface area contributed by atoms with Gasteiger partial charge in [-0.3, -0.25) is 9.78 Å². The van der Waals surface area contributed by atoms with Crippen LogP contribution >= 0.6 is 13.5 Å². The number of imidazole rings is 1. The molecule has 0 aromatic carbocycles. The van der Waals surface area contributed by atoms with Gasteiger partial charge in [0.25, 0.3) is 0 Å². The lowest BCUT2D eigenvalue weighted by atomic mass is 9.95. The number of ketones is 1. The summed E-state index contributed by atoms with van der Waals surface area (Å²) >= 11 is 0. The number of aromatic amines is 1. The van der Waals surface area contributed by atoms with E-state index in [4.69, 9.17) is 0 Å². The van der Waals surface area contributed by atoms with E-state index in [-0.39, 0.29) is 31.6 Å². The van der Waals surface area contributed by atoms with E-state index < -0.39 is 11.9 Å². The fourth-order valence-electron chi connectivity index (χ4n) is 3.63. The van der Waals surface area contributed by atoms with E-state index in [0.29, 0.717) is 29.4 Å². The largest absolute Gasteiger partial charge is 0.348 e. The smallest absolute Gasteiger partial charge is 0.228 e. The Kier molecular flexibility index (Phi) is 5.44. The number of aromatic nitrogens is 7. The predicted octanol–water partition coefficient (Wildman–Crippen LogP) is 2.43.